The van der Waals surface area contributed by atoms with Crippen molar-refractivity contribution >= 4 is 17.9 Å². The maximum absolute atomic E-state index is 11.9. The van der Waals surface area contributed by atoms with Gasteiger partial charge < -0.3 is 24.4 Å². The molecule has 0 saturated carbocycles. The fourth-order valence-electron chi connectivity index (χ4n) is 3.87. The van der Waals surface area contributed by atoms with E-state index in [2.05, 4.69) is 6.92 Å². The maximum Gasteiger partial charge on any atom is 0.308 e. The third-order valence-electron chi connectivity index (χ3n) is 5.85. The van der Waals surface area contributed by atoms with Gasteiger partial charge in [0.1, 0.15) is 13.2 Å². The summed E-state index contributed by atoms with van der Waals surface area (Å²) in [6, 6.07) is 0. The molecule has 0 aliphatic heterocycles. The van der Waals surface area contributed by atoms with E-state index < -0.39 is 30.1 Å². The van der Waals surface area contributed by atoms with Crippen molar-refractivity contribution in [3.63, 3.8) is 0 Å². The number of esters is 3. The van der Waals surface area contributed by atoms with Crippen LogP contribution in [0.5, 0.6) is 0 Å². The Hall–Kier alpha value is -1.67. The quantitative estimate of drug-likeness (QED) is 0.114. The molecule has 0 heterocycles. The standard InChI is InChI=1S/C27H50O8/c1-4-5-6-7-8-9-10-11-12-13-16-24(30)17-14-15-18-25(31)19-27(32)34-21-26(35-23(3)29)20-33-22(2)28/h24-26,30-31H,4-21H2,1-3H3. The van der Waals surface area contributed by atoms with Crippen LogP contribution in [0.1, 0.15) is 124 Å². The maximum atomic E-state index is 11.9. The molecular formula is C27H50O8. The first-order chi connectivity index (χ1) is 16.7. The number of aliphatic hydroxyl groups is 2. The number of hydrogen-bond acceptors (Lipinski definition) is 8. The zero-order chi connectivity index (χ0) is 26.3. The predicted molar refractivity (Wildman–Crippen MR) is 135 cm³/mol. The molecule has 3 unspecified atom stereocenters. The molecule has 2 N–H and O–H groups in total. The summed E-state index contributed by atoms with van der Waals surface area (Å²) < 4.78 is 14.8. The highest BCUT2D eigenvalue weighted by Gasteiger charge is 2.18. The average molecular weight is 503 g/mol. The highest BCUT2D eigenvalue weighted by molar-refractivity contribution is 5.70. The summed E-state index contributed by atoms with van der Waals surface area (Å²) in [4.78, 5) is 33.9. The van der Waals surface area contributed by atoms with Crippen LogP contribution in [0.3, 0.4) is 0 Å². The van der Waals surface area contributed by atoms with E-state index in [1.54, 1.807) is 0 Å². The molecule has 0 rings (SSSR count). The van der Waals surface area contributed by atoms with Crippen LogP contribution in [0.4, 0.5) is 0 Å². The highest BCUT2D eigenvalue weighted by atomic mass is 16.6. The molecule has 8 heteroatoms. The number of carbonyl (C=O) groups is 3. The Labute approximate surface area is 212 Å². The molecule has 0 saturated heterocycles. The van der Waals surface area contributed by atoms with Crippen LogP contribution in [0.15, 0.2) is 0 Å². The van der Waals surface area contributed by atoms with Crippen LogP contribution in [0.2, 0.25) is 0 Å². The van der Waals surface area contributed by atoms with Crippen molar-refractivity contribution in [3.8, 4) is 0 Å². The molecule has 0 aliphatic carbocycles. The lowest BCUT2D eigenvalue weighted by Gasteiger charge is -2.17. The SMILES string of the molecule is CCCCCCCCCCCCC(O)CCCCC(O)CC(=O)OCC(COC(C)=O)OC(C)=O. The average Bonchev–Trinajstić information content (AvgIpc) is 2.79. The molecule has 0 aromatic rings. The summed E-state index contributed by atoms with van der Waals surface area (Å²) in [6.45, 7) is 4.22. The zero-order valence-electron chi connectivity index (χ0n) is 22.3. The summed E-state index contributed by atoms with van der Waals surface area (Å²) >= 11 is 0. The predicted octanol–water partition coefficient (Wildman–Crippen LogP) is 5.01. The van der Waals surface area contributed by atoms with Crippen molar-refractivity contribution in [2.45, 2.75) is 142 Å². The fourth-order valence-corrected chi connectivity index (χ4v) is 3.87. The van der Waals surface area contributed by atoms with Crippen LogP contribution in [-0.2, 0) is 28.6 Å². The van der Waals surface area contributed by atoms with Crippen molar-refractivity contribution in [3.05, 3.63) is 0 Å². The minimum absolute atomic E-state index is 0.165. The number of aliphatic hydroxyl groups excluding tert-OH is 2. The van der Waals surface area contributed by atoms with E-state index >= 15 is 0 Å². The normalized spacial score (nSPS) is 13.6. The molecule has 35 heavy (non-hydrogen) atoms. The van der Waals surface area contributed by atoms with Gasteiger partial charge >= 0.3 is 17.9 Å². The molecule has 0 radical (unpaired) electrons. The summed E-state index contributed by atoms with van der Waals surface area (Å²) in [5, 5.41) is 20.2. The van der Waals surface area contributed by atoms with Crippen LogP contribution < -0.4 is 0 Å². The summed E-state index contributed by atoms with van der Waals surface area (Å²) in [6.07, 6.45) is 14.1. The lowest BCUT2D eigenvalue weighted by molar-refractivity contribution is -0.165. The molecule has 0 bridgehead atoms. The van der Waals surface area contributed by atoms with Crippen molar-refractivity contribution in [1.82, 2.24) is 0 Å². The van der Waals surface area contributed by atoms with Crippen molar-refractivity contribution in [2.75, 3.05) is 13.2 Å². The van der Waals surface area contributed by atoms with Crippen LogP contribution in [0, 0.1) is 0 Å². The van der Waals surface area contributed by atoms with E-state index in [9.17, 15) is 24.6 Å². The molecule has 0 amide bonds. The minimum atomic E-state index is -0.880. The van der Waals surface area contributed by atoms with Gasteiger partial charge in [0.2, 0.25) is 0 Å². The first kappa shape index (κ1) is 33.3. The lowest BCUT2D eigenvalue weighted by atomic mass is 10.0. The van der Waals surface area contributed by atoms with Crippen molar-refractivity contribution in [2.24, 2.45) is 0 Å². The zero-order valence-corrected chi connectivity index (χ0v) is 22.3. The van der Waals surface area contributed by atoms with E-state index in [4.69, 9.17) is 14.2 Å². The smallest absolute Gasteiger partial charge is 0.308 e. The Morgan fingerprint density at radius 2 is 1.09 bits per heavy atom. The molecule has 0 aromatic carbocycles. The monoisotopic (exact) mass is 502 g/mol. The van der Waals surface area contributed by atoms with E-state index in [-0.39, 0.29) is 25.7 Å². The molecule has 0 fully saturated rings. The van der Waals surface area contributed by atoms with Gasteiger partial charge in [0.15, 0.2) is 6.10 Å². The second kappa shape index (κ2) is 22.8. The van der Waals surface area contributed by atoms with Gasteiger partial charge in [-0.15, -0.1) is 0 Å². The Balaban J connectivity index is 3.75. The van der Waals surface area contributed by atoms with Gasteiger partial charge in [-0.25, -0.2) is 0 Å². The second-order valence-electron chi connectivity index (χ2n) is 9.48. The second-order valence-corrected chi connectivity index (χ2v) is 9.48. The molecule has 206 valence electrons. The fraction of sp³-hybridized carbons (Fsp3) is 0.889. The summed E-state index contributed by atoms with van der Waals surface area (Å²) in [5.41, 5.74) is 0. The third kappa shape index (κ3) is 23.8. The van der Waals surface area contributed by atoms with E-state index in [1.807, 2.05) is 0 Å². The topological polar surface area (TPSA) is 119 Å². The summed E-state index contributed by atoms with van der Waals surface area (Å²) in [5.74, 6) is -1.72. The van der Waals surface area contributed by atoms with E-state index in [0.29, 0.717) is 19.3 Å². The van der Waals surface area contributed by atoms with E-state index in [1.165, 1.54) is 71.6 Å². The first-order valence-electron chi connectivity index (χ1n) is 13.6. The Kier molecular flexibility index (Phi) is 21.7. The summed E-state index contributed by atoms with van der Waals surface area (Å²) in [7, 11) is 0. The molecule has 0 spiro atoms. The number of rotatable bonds is 23. The number of unbranched alkanes of at least 4 members (excludes halogenated alkanes) is 10. The molecule has 0 aliphatic rings. The third-order valence-corrected chi connectivity index (χ3v) is 5.85. The van der Waals surface area contributed by atoms with Crippen molar-refractivity contribution < 1.29 is 38.8 Å². The van der Waals surface area contributed by atoms with Gasteiger partial charge in [-0.3, -0.25) is 14.4 Å². The number of ether oxygens (including phenoxy) is 3. The molecule has 0 aromatic heterocycles. The Morgan fingerprint density at radius 1 is 0.629 bits per heavy atom. The van der Waals surface area contributed by atoms with Crippen LogP contribution in [-0.4, -0.2) is 59.6 Å². The molecule has 8 nitrogen and oxygen atoms in total. The highest BCUT2D eigenvalue weighted by Crippen LogP contribution is 2.15. The first-order valence-corrected chi connectivity index (χ1v) is 13.6. The number of hydrogen-bond donors (Lipinski definition) is 2. The van der Waals surface area contributed by atoms with Crippen LogP contribution in [0.25, 0.3) is 0 Å². The number of carbonyl (C=O) groups excluding carboxylic acids is 3. The van der Waals surface area contributed by atoms with Gasteiger partial charge in [-0.1, -0.05) is 84.0 Å². The lowest BCUT2D eigenvalue weighted by Crippen LogP contribution is -2.30. The largest absolute Gasteiger partial charge is 0.462 e. The van der Waals surface area contributed by atoms with Gasteiger partial charge in [-0.2, -0.15) is 0 Å². The van der Waals surface area contributed by atoms with Gasteiger partial charge in [-0.05, 0) is 19.3 Å². The Morgan fingerprint density at radius 3 is 1.60 bits per heavy atom. The van der Waals surface area contributed by atoms with Gasteiger partial charge in [0, 0.05) is 13.8 Å². The van der Waals surface area contributed by atoms with E-state index in [0.717, 1.165) is 19.3 Å². The Bertz CT molecular complexity index is 551. The van der Waals surface area contributed by atoms with Crippen molar-refractivity contribution in [1.29, 1.82) is 0 Å². The molecular weight excluding hydrogens is 452 g/mol. The minimum Gasteiger partial charge on any atom is -0.462 e. The molecule has 3 atom stereocenters. The van der Waals surface area contributed by atoms with Gasteiger partial charge in [0.25, 0.3) is 0 Å². The van der Waals surface area contributed by atoms with Gasteiger partial charge in [0.05, 0.1) is 18.6 Å². The van der Waals surface area contributed by atoms with Crippen LogP contribution >= 0.6 is 0 Å².